The molecule has 1 aliphatic heterocycles. The van der Waals surface area contributed by atoms with Crippen LogP contribution in [0.2, 0.25) is 10.0 Å². The molecule has 1 aromatic heterocycles. The molecule has 3 aromatic rings. The molecule has 2 aromatic carbocycles. The van der Waals surface area contributed by atoms with E-state index < -0.39 is 5.95 Å². The van der Waals surface area contributed by atoms with Crippen LogP contribution < -0.4 is 21.9 Å². The van der Waals surface area contributed by atoms with Crippen molar-refractivity contribution >= 4 is 64.0 Å². The molecule has 43 heavy (non-hydrogen) atoms. The Morgan fingerprint density at radius 2 is 2.12 bits per heavy atom. The quantitative estimate of drug-likeness (QED) is 0.0453. The van der Waals surface area contributed by atoms with Crippen molar-refractivity contribution in [1.82, 2.24) is 14.9 Å². The van der Waals surface area contributed by atoms with Gasteiger partial charge < -0.3 is 20.9 Å². The first-order chi connectivity index (χ1) is 20.6. The van der Waals surface area contributed by atoms with Gasteiger partial charge in [-0.15, -0.1) is 6.58 Å². The van der Waals surface area contributed by atoms with Gasteiger partial charge in [0.1, 0.15) is 28.8 Å². The number of anilines is 2. The van der Waals surface area contributed by atoms with Crippen molar-refractivity contribution in [1.29, 1.82) is 0 Å². The summed E-state index contributed by atoms with van der Waals surface area (Å²) in [4.78, 5) is 25.8. The molecule has 0 bridgehead atoms. The van der Waals surface area contributed by atoms with Crippen LogP contribution >= 0.6 is 34.8 Å². The van der Waals surface area contributed by atoms with E-state index in [0.717, 1.165) is 17.7 Å². The van der Waals surface area contributed by atoms with Gasteiger partial charge in [-0.2, -0.15) is 4.39 Å². The zero-order valence-corrected chi connectivity index (χ0v) is 25.9. The molecule has 0 amide bonds. The zero-order valence-electron chi connectivity index (χ0n) is 23.7. The molecule has 0 radical (unpaired) electrons. The van der Waals surface area contributed by atoms with E-state index in [9.17, 15) is 4.79 Å². The Labute approximate surface area is 264 Å². The lowest BCUT2D eigenvalue weighted by molar-refractivity contribution is -0.104. The van der Waals surface area contributed by atoms with Crippen molar-refractivity contribution in [2.24, 2.45) is 16.6 Å². The number of nitrogens with two attached hydrogens (primary N) is 2. The summed E-state index contributed by atoms with van der Waals surface area (Å²) in [5.74, 6) is 6.65. The molecule has 1 aliphatic rings. The summed E-state index contributed by atoms with van der Waals surface area (Å²) in [6.45, 7) is 3.79. The van der Waals surface area contributed by atoms with E-state index in [-0.39, 0.29) is 16.9 Å². The van der Waals surface area contributed by atoms with Crippen molar-refractivity contribution in [2.45, 2.75) is 31.7 Å². The van der Waals surface area contributed by atoms with Crippen LogP contribution in [0, 0.1) is 5.95 Å². The van der Waals surface area contributed by atoms with Crippen molar-refractivity contribution in [2.75, 3.05) is 24.4 Å². The summed E-state index contributed by atoms with van der Waals surface area (Å²) in [6.07, 6.45) is 7.59. The number of aromatic amines is 1. The van der Waals surface area contributed by atoms with E-state index >= 15 is 4.39 Å². The Morgan fingerprint density at radius 1 is 1.35 bits per heavy atom. The zero-order chi connectivity index (χ0) is 31.3. The number of benzene rings is 2. The average Bonchev–Trinajstić information content (AvgIpc) is 3.52. The summed E-state index contributed by atoms with van der Waals surface area (Å²) >= 11 is 18.9. The number of nitrogens with one attached hydrogen (secondary N) is 2. The monoisotopic (exact) mass is 644 g/mol. The van der Waals surface area contributed by atoms with Crippen LogP contribution in [0.5, 0.6) is 0 Å². The van der Waals surface area contributed by atoms with Gasteiger partial charge in [-0.1, -0.05) is 40.9 Å². The molecular weight excluding hydrogens is 614 g/mol. The summed E-state index contributed by atoms with van der Waals surface area (Å²) in [6, 6.07) is 8.27. The third-order valence-corrected chi connectivity index (χ3v) is 7.89. The molecule has 1 fully saturated rings. The van der Waals surface area contributed by atoms with Gasteiger partial charge in [0.2, 0.25) is 5.95 Å². The second kappa shape index (κ2) is 14.1. The lowest BCUT2D eigenvalue weighted by atomic mass is 10.0. The molecule has 2 heterocycles. The molecule has 6 N–H and O–H groups in total. The summed E-state index contributed by atoms with van der Waals surface area (Å²) < 4.78 is 15.3. The molecule has 13 heteroatoms. The fourth-order valence-corrected chi connectivity index (χ4v) is 5.66. The first-order valence-electron chi connectivity index (χ1n) is 13.4. The van der Waals surface area contributed by atoms with Crippen LogP contribution in [-0.4, -0.2) is 41.1 Å². The highest BCUT2D eigenvalue weighted by Crippen LogP contribution is 2.39. The van der Waals surface area contributed by atoms with Gasteiger partial charge in [-0.25, -0.2) is 15.8 Å². The minimum Gasteiger partial charge on any atom is -0.388 e. The van der Waals surface area contributed by atoms with Gasteiger partial charge in [-0.3, -0.25) is 9.80 Å². The molecule has 1 unspecified atom stereocenters. The van der Waals surface area contributed by atoms with E-state index in [2.05, 4.69) is 21.9 Å². The van der Waals surface area contributed by atoms with Crippen LogP contribution in [0.1, 0.15) is 42.3 Å². The topological polar surface area (TPSA) is 129 Å². The molecule has 0 spiro atoms. The number of hydrogen-bond acceptors (Lipinski definition) is 7. The highest BCUT2D eigenvalue weighted by Gasteiger charge is 2.32. The SMILES string of the molecule is C=CCCc1c(NC)ccc(-c2nc(C3CCC(=N/C(=C\C=O)c4cc(Cl)ccc4N(N)/C=C(\N)Cl)N3C)[nH]c2F)c1Cl. The first kappa shape index (κ1) is 32.1. The van der Waals surface area contributed by atoms with Crippen molar-refractivity contribution in [3.63, 3.8) is 0 Å². The van der Waals surface area contributed by atoms with Gasteiger partial charge >= 0.3 is 0 Å². The number of carbonyl (C=O) groups is 1. The first-order valence-corrected chi connectivity index (χ1v) is 14.5. The van der Waals surface area contributed by atoms with E-state index in [1.165, 1.54) is 17.3 Å². The number of aromatic nitrogens is 2. The fourth-order valence-electron chi connectivity index (χ4n) is 5.04. The van der Waals surface area contributed by atoms with Gasteiger partial charge in [0.25, 0.3) is 0 Å². The maximum absolute atomic E-state index is 15.3. The average molecular weight is 646 g/mol. The summed E-state index contributed by atoms with van der Waals surface area (Å²) in [5, 5.41) is 5.18. The molecule has 0 saturated carbocycles. The maximum Gasteiger partial charge on any atom is 0.219 e. The number of rotatable bonds is 11. The smallest absolute Gasteiger partial charge is 0.219 e. The number of hydrogen-bond donors (Lipinski definition) is 4. The molecule has 4 rings (SSSR count). The standard InChI is InChI=1S/C30H32Cl3FN8O/c1-4-5-6-18-21(37-2)9-8-19(27(18)33)28-29(34)40-30(39-28)24-11-12-26(41(24)3)38-22(13-14-43)20-15-17(31)7-10-23(20)42(36)16-25(32)35/h4,7-10,13-16,24,37H,1,5-6,11-12,35-36H2,2-3H3,(H,39,40)/b22-13-,25-16-,38-26?. The number of aliphatic imine (C=N–C) groups is 1. The number of nitrogens with zero attached hydrogens (tertiary/aromatic N) is 4. The molecule has 9 nitrogen and oxygen atoms in total. The Morgan fingerprint density at radius 3 is 2.79 bits per heavy atom. The number of carbonyl (C=O) groups excluding carboxylic acids is 1. The maximum atomic E-state index is 15.3. The number of halogens is 4. The number of amidine groups is 1. The summed E-state index contributed by atoms with van der Waals surface area (Å²) in [5.41, 5.74) is 9.23. The highest BCUT2D eigenvalue weighted by molar-refractivity contribution is 6.34. The van der Waals surface area contributed by atoms with Crippen molar-refractivity contribution in [3.05, 3.63) is 93.4 Å². The predicted molar refractivity (Wildman–Crippen MR) is 175 cm³/mol. The minimum atomic E-state index is -0.581. The lowest BCUT2D eigenvalue weighted by Gasteiger charge is -2.22. The predicted octanol–water partition coefficient (Wildman–Crippen LogP) is 6.76. The lowest BCUT2D eigenvalue weighted by Crippen LogP contribution is -2.26. The Kier molecular flexibility index (Phi) is 10.5. The van der Waals surface area contributed by atoms with E-state index in [1.54, 1.807) is 24.3 Å². The normalized spacial score (nSPS) is 16.6. The van der Waals surface area contributed by atoms with Crippen LogP contribution in [-0.2, 0) is 11.2 Å². The molecule has 1 saturated heterocycles. The fraction of sp³-hybridized carbons (Fsp3) is 0.233. The van der Waals surface area contributed by atoms with E-state index in [1.807, 2.05) is 31.1 Å². The molecule has 0 aliphatic carbocycles. The second-order valence-corrected chi connectivity index (χ2v) is 11.0. The van der Waals surface area contributed by atoms with Gasteiger partial charge in [0, 0.05) is 48.4 Å². The Hall–Kier alpha value is -3.83. The number of hydrazine groups is 1. The summed E-state index contributed by atoms with van der Waals surface area (Å²) in [7, 11) is 3.65. The molecular formula is C30H32Cl3FN8O. The highest BCUT2D eigenvalue weighted by atomic mass is 35.5. The van der Waals surface area contributed by atoms with E-state index in [4.69, 9.17) is 51.4 Å². The third kappa shape index (κ3) is 7.05. The van der Waals surface area contributed by atoms with Crippen LogP contribution in [0.25, 0.3) is 17.0 Å². The second-order valence-electron chi connectivity index (χ2n) is 9.78. The van der Waals surface area contributed by atoms with Gasteiger partial charge in [0.15, 0.2) is 0 Å². The van der Waals surface area contributed by atoms with Crippen molar-refractivity contribution < 1.29 is 9.18 Å². The number of imidazole rings is 1. The van der Waals surface area contributed by atoms with Gasteiger partial charge in [-0.05, 0) is 55.2 Å². The number of H-pyrrole nitrogens is 1. The van der Waals surface area contributed by atoms with Crippen LogP contribution in [0.15, 0.2) is 65.4 Å². The third-order valence-electron chi connectivity index (χ3n) is 7.13. The van der Waals surface area contributed by atoms with Crippen molar-refractivity contribution in [3.8, 4) is 11.3 Å². The van der Waals surface area contributed by atoms with Crippen LogP contribution in [0.3, 0.4) is 0 Å². The number of allylic oxidation sites excluding steroid dienone is 2. The Bertz CT molecular complexity index is 1610. The number of likely N-dealkylation sites (tertiary alicyclic amines) is 1. The molecule has 226 valence electrons. The molecule has 1 atom stereocenters. The van der Waals surface area contributed by atoms with Gasteiger partial charge in [0.05, 0.1) is 28.6 Å². The Balaban J connectivity index is 1.68. The number of aldehydes is 1. The minimum absolute atomic E-state index is 0.0358. The van der Waals surface area contributed by atoms with Crippen LogP contribution in [0.4, 0.5) is 15.8 Å². The largest absolute Gasteiger partial charge is 0.388 e. The van der Waals surface area contributed by atoms with E-state index in [0.29, 0.717) is 69.8 Å².